The molecule has 88 valence electrons. The summed E-state index contributed by atoms with van der Waals surface area (Å²) in [5.74, 6) is 1.32. The van der Waals surface area contributed by atoms with Crippen LogP contribution in [0.3, 0.4) is 0 Å². The highest BCUT2D eigenvalue weighted by molar-refractivity contribution is 5.81. The average Bonchev–Trinajstić information content (AvgIpc) is 3.14. The predicted octanol–water partition coefficient (Wildman–Crippen LogP) is 2.23. The van der Waals surface area contributed by atoms with Crippen molar-refractivity contribution in [2.24, 2.45) is 0 Å². The van der Waals surface area contributed by atoms with E-state index < -0.39 is 0 Å². The van der Waals surface area contributed by atoms with E-state index in [4.69, 9.17) is 0 Å². The Hall–Kier alpha value is -1.84. The van der Waals surface area contributed by atoms with Gasteiger partial charge in [0.15, 0.2) is 0 Å². The Bertz CT molecular complexity index is 614. The minimum Gasteiger partial charge on any atom is -0.385 e. The summed E-state index contributed by atoms with van der Waals surface area (Å²) in [6.45, 7) is 2.87. The number of hydrogen-bond acceptors (Lipinski definition) is 3. The first-order valence-electron chi connectivity index (χ1n) is 6.06. The Morgan fingerprint density at radius 1 is 1.47 bits per heavy atom. The lowest BCUT2D eigenvalue weighted by Gasteiger charge is -2.05. The molecule has 0 unspecified atom stereocenters. The van der Waals surface area contributed by atoms with E-state index in [1.807, 2.05) is 25.1 Å². The summed E-state index contributed by atoms with van der Waals surface area (Å²) in [6.07, 6.45) is 2.29. The van der Waals surface area contributed by atoms with Crippen molar-refractivity contribution in [2.45, 2.75) is 25.7 Å². The van der Waals surface area contributed by atoms with Gasteiger partial charge in [-0.05, 0) is 38.0 Å². The number of nitrogens with one attached hydrogen (secondary N) is 2. The Kier molecular flexibility index (Phi) is 2.35. The molecule has 0 radical (unpaired) electrons. The maximum Gasteiger partial charge on any atom is 0.258 e. The standard InChI is InChI=1S/C13H15N3O/c1-2-14-9-5-6-11-10(7-9)13(17)16-12(15-11)8-3-4-8/h5-8,14H,2-4H2,1H3,(H,15,16,17). The second-order valence-electron chi connectivity index (χ2n) is 4.49. The van der Waals surface area contributed by atoms with Crippen molar-refractivity contribution in [2.75, 3.05) is 11.9 Å². The Morgan fingerprint density at radius 3 is 3.00 bits per heavy atom. The van der Waals surface area contributed by atoms with Gasteiger partial charge in [-0.25, -0.2) is 4.98 Å². The molecule has 1 aromatic carbocycles. The number of rotatable bonds is 3. The van der Waals surface area contributed by atoms with Crippen LogP contribution < -0.4 is 10.9 Å². The summed E-state index contributed by atoms with van der Waals surface area (Å²) in [5.41, 5.74) is 1.72. The van der Waals surface area contributed by atoms with Gasteiger partial charge in [0.1, 0.15) is 5.82 Å². The second kappa shape index (κ2) is 3.87. The third-order valence-corrected chi connectivity index (χ3v) is 3.07. The summed E-state index contributed by atoms with van der Waals surface area (Å²) in [6, 6.07) is 5.74. The monoisotopic (exact) mass is 229 g/mol. The van der Waals surface area contributed by atoms with Gasteiger partial charge in [-0.15, -0.1) is 0 Å². The maximum absolute atomic E-state index is 12.0. The van der Waals surface area contributed by atoms with E-state index in [1.54, 1.807) is 0 Å². The zero-order valence-electron chi connectivity index (χ0n) is 9.79. The first kappa shape index (κ1) is 10.3. The van der Waals surface area contributed by atoms with Gasteiger partial charge in [-0.3, -0.25) is 4.79 Å². The second-order valence-corrected chi connectivity index (χ2v) is 4.49. The Labute approximate surface area is 99.1 Å². The average molecular weight is 229 g/mol. The summed E-state index contributed by atoms with van der Waals surface area (Å²) < 4.78 is 0. The van der Waals surface area contributed by atoms with Crippen molar-refractivity contribution in [1.29, 1.82) is 0 Å². The van der Waals surface area contributed by atoms with E-state index in [9.17, 15) is 4.79 Å². The van der Waals surface area contributed by atoms with E-state index >= 15 is 0 Å². The van der Waals surface area contributed by atoms with Gasteiger partial charge in [0.2, 0.25) is 0 Å². The molecule has 4 heteroatoms. The van der Waals surface area contributed by atoms with E-state index in [2.05, 4.69) is 15.3 Å². The van der Waals surface area contributed by atoms with Crippen LogP contribution in [0.5, 0.6) is 0 Å². The van der Waals surface area contributed by atoms with Crippen LogP contribution in [0.25, 0.3) is 10.9 Å². The molecule has 1 aliphatic carbocycles. The van der Waals surface area contributed by atoms with Gasteiger partial charge >= 0.3 is 0 Å². The topological polar surface area (TPSA) is 57.8 Å². The molecule has 1 aliphatic rings. The number of hydrogen-bond donors (Lipinski definition) is 2. The predicted molar refractivity (Wildman–Crippen MR) is 68.5 cm³/mol. The number of benzene rings is 1. The molecule has 1 saturated carbocycles. The molecule has 0 atom stereocenters. The maximum atomic E-state index is 12.0. The minimum atomic E-state index is -0.0309. The van der Waals surface area contributed by atoms with Gasteiger partial charge in [0.05, 0.1) is 10.9 Å². The Balaban J connectivity index is 2.14. The number of aromatic nitrogens is 2. The molecule has 0 saturated heterocycles. The molecule has 3 rings (SSSR count). The van der Waals surface area contributed by atoms with Crippen molar-refractivity contribution >= 4 is 16.6 Å². The van der Waals surface area contributed by atoms with Crippen LogP contribution in [0.2, 0.25) is 0 Å². The fraction of sp³-hybridized carbons (Fsp3) is 0.385. The van der Waals surface area contributed by atoms with Crippen molar-refractivity contribution in [3.63, 3.8) is 0 Å². The molecule has 1 heterocycles. The zero-order chi connectivity index (χ0) is 11.8. The van der Waals surface area contributed by atoms with Crippen molar-refractivity contribution in [3.05, 3.63) is 34.4 Å². The highest BCUT2D eigenvalue weighted by Gasteiger charge is 2.26. The summed E-state index contributed by atoms with van der Waals surface area (Å²) in [7, 11) is 0. The van der Waals surface area contributed by atoms with Crippen LogP contribution in [0.1, 0.15) is 31.5 Å². The minimum absolute atomic E-state index is 0.0309. The number of fused-ring (bicyclic) bond motifs is 1. The van der Waals surface area contributed by atoms with Crippen molar-refractivity contribution in [1.82, 2.24) is 9.97 Å². The smallest absolute Gasteiger partial charge is 0.258 e. The number of anilines is 1. The van der Waals surface area contributed by atoms with Crippen LogP contribution in [-0.4, -0.2) is 16.5 Å². The van der Waals surface area contributed by atoms with E-state index in [1.165, 1.54) is 0 Å². The van der Waals surface area contributed by atoms with Gasteiger partial charge < -0.3 is 10.3 Å². The van der Waals surface area contributed by atoms with Gasteiger partial charge in [0.25, 0.3) is 5.56 Å². The van der Waals surface area contributed by atoms with Crippen LogP contribution in [0.15, 0.2) is 23.0 Å². The number of H-pyrrole nitrogens is 1. The van der Waals surface area contributed by atoms with Crippen LogP contribution >= 0.6 is 0 Å². The fourth-order valence-corrected chi connectivity index (χ4v) is 2.02. The van der Waals surface area contributed by atoms with E-state index in [0.717, 1.165) is 36.4 Å². The highest BCUT2D eigenvalue weighted by atomic mass is 16.1. The molecule has 4 nitrogen and oxygen atoms in total. The normalized spacial score (nSPS) is 15.1. The summed E-state index contributed by atoms with van der Waals surface area (Å²) >= 11 is 0. The van der Waals surface area contributed by atoms with Gasteiger partial charge in [-0.2, -0.15) is 0 Å². The highest BCUT2D eigenvalue weighted by Crippen LogP contribution is 2.37. The van der Waals surface area contributed by atoms with Gasteiger partial charge in [0, 0.05) is 18.2 Å². The van der Waals surface area contributed by atoms with Crippen molar-refractivity contribution in [3.8, 4) is 0 Å². The Morgan fingerprint density at radius 2 is 2.29 bits per heavy atom. The first-order chi connectivity index (χ1) is 8.28. The van der Waals surface area contributed by atoms with Crippen molar-refractivity contribution < 1.29 is 0 Å². The molecule has 0 amide bonds. The first-order valence-corrected chi connectivity index (χ1v) is 6.06. The van der Waals surface area contributed by atoms with E-state index in [0.29, 0.717) is 11.3 Å². The number of nitrogens with zero attached hydrogens (tertiary/aromatic N) is 1. The molecule has 2 N–H and O–H groups in total. The largest absolute Gasteiger partial charge is 0.385 e. The zero-order valence-corrected chi connectivity index (χ0v) is 9.79. The van der Waals surface area contributed by atoms with Crippen LogP contribution in [0, 0.1) is 0 Å². The molecule has 1 aromatic heterocycles. The summed E-state index contributed by atoms with van der Waals surface area (Å²) in [4.78, 5) is 19.4. The lowest BCUT2D eigenvalue weighted by Crippen LogP contribution is -2.11. The molecular weight excluding hydrogens is 214 g/mol. The molecule has 0 aliphatic heterocycles. The van der Waals surface area contributed by atoms with Crippen LogP contribution in [-0.2, 0) is 0 Å². The summed E-state index contributed by atoms with van der Waals surface area (Å²) in [5, 5.41) is 3.86. The van der Waals surface area contributed by atoms with Crippen LogP contribution in [0.4, 0.5) is 5.69 Å². The third kappa shape index (κ3) is 1.90. The quantitative estimate of drug-likeness (QED) is 0.848. The molecule has 2 aromatic rings. The lowest BCUT2D eigenvalue weighted by molar-refractivity contribution is 0.931. The molecule has 1 fully saturated rings. The molecule has 0 spiro atoms. The number of aromatic amines is 1. The van der Waals surface area contributed by atoms with Gasteiger partial charge in [-0.1, -0.05) is 0 Å². The van der Waals surface area contributed by atoms with E-state index in [-0.39, 0.29) is 5.56 Å². The fourth-order valence-electron chi connectivity index (χ4n) is 2.02. The molecule has 0 bridgehead atoms. The SMILES string of the molecule is CCNc1ccc2nc(C3CC3)[nH]c(=O)c2c1. The molecule has 17 heavy (non-hydrogen) atoms. The lowest BCUT2D eigenvalue weighted by atomic mass is 10.2. The molecular formula is C13H15N3O. The third-order valence-electron chi connectivity index (χ3n) is 3.07.